The molecule has 0 unspecified atom stereocenters. The molecule has 0 radical (unpaired) electrons. The monoisotopic (exact) mass is 266 g/mol. The topological polar surface area (TPSA) is 63.6 Å². The molecule has 0 aromatic rings. The predicted molar refractivity (Wildman–Crippen MR) is 68.3 cm³/mol. The van der Waals surface area contributed by atoms with Crippen LogP contribution >= 0.6 is 25.3 Å². The summed E-state index contributed by atoms with van der Waals surface area (Å²) in [7, 11) is 0. The van der Waals surface area contributed by atoms with E-state index in [0.29, 0.717) is 6.61 Å². The highest BCUT2D eigenvalue weighted by molar-refractivity contribution is 7.86. The lowest BCUT2D eigenvalue weighted by Gasteiger charge is -2.13. The van der Waals surface area contributed by atoms with Crippen molar-refractivity contribution in [3.05, 3.63) is 0 Å². The Hall–Kier alpha value is -0.360. The number of carboxylic acids is 1. The minimum Gasteiger partial charge on any atom is -0.480 e. The third-order valence-corrected chi connectivity index (χ3v) is 3.30. The molecular weight excluding hydrogens is 248 g/mol. The van der Waals surface area contributed by atoms with Crippen molar-refractivity contribution in [2.75, 3.05) is 6.61 Å². The highest BCUT2D eigenvalue weighted by Crippen LogP contribution is 2.11. The number of carbonyl (C=O) groups excluding carboxylic acids is 1. The lowest BCUT2D eigenvalue weighted by Crippen LogP contribution is -2.33. The number of hydrogen-bond acceptors (Lipinski definition) is 5. The standard InChI is InChI=1S/C10H18O4S2/c1-2-3-4-5-6-14-10(13)8(16)7(15)9(11)12/h7-8,15-16H,2-6H2,1H3,(H,11,12)/t7-,8+/m1/s1. The number of rotatable bonds is 8. The first kappa shape index (κ1) is 15.6. The van der Waals surface area contributed by atoms with Gasteiger partial charge in [0.1, 0.15) is 10.5 Å². The molecule has 0 aliphatic rings. The van der Waals surface area contributed by atoms with Crippen molar-refractivity contribution in [3.8, 4) is 0 Å². The predicted octanol–water partition coefficient (Wildman–Crippen LogP) is 1.79. The van der Waals surface area contributed by atoms with E-state index in [4.69, 9.17) is 9.84 Å². The van der Waals surface area contributed by atoms with E-state index in [1.54, 1.807) is 0 Å². The molecule has 6 heteroatoms. The third kappa shape index (κ3) is 6.27. The number of ether oxygens (including phenoxy) is 1. The molecule has 0 aromatic carbocycles. The van der Waals surface area contributed by atoms with E-state index in [0.717, 1.165) is 25.7 Å². The molecule has 0 fully saturated rings. The van der Waals surface area contributed by atoms with Gasteiger partial charge in [-0.3, -0.25) is 9.59 Å². The summed E-state index contributed by atoms with van der Waals surface area (Å²) in [6.45, 7) is 2.41. The normalized spacial score (nSPS) is 14.2. The van der Waals surface area contributed by atoms with Crippen molar-refractivity contribution < 1.29 is 19.4 Å². The van der Waals surface area contributed by atoms with E-state index < -0.39 is 22.4 Å². The Balaban J connectivity index is 3.75. The fourth-order valence-corrected chi connectivity index (χ4v) is 1.37. The second-order valence-electron chi connectivity index (χ2n) is 3.46. The van der Waals surface area contributed by atoms with Crippen LogP contribution in [0.15, 0.2) is 0 Å². The van der Waals surface area contributed by atoms with E-state index in [-0.39, 0.29) is 0 Å². The second-order valence-corrected chi connectivity index (χ2v) is 4.57. The Bertz CT molecular complexity index is 233. The summed E-state index contributed by atoms with van der Waals surface area (Å²) in [6, 6.07) is 0. The number of carboxylic acid groups (broad SMARTS) is 1. The largest absolute Gasteiger partial charge is 0.480 e. The number of unbranched alkanes of at least 4 members (excludes halogenated alkanes) is 3. The van der Waals surface area contributed by atoms with Gasteiger partial charge in [-0.1, -0.05) is 26.2 Å². The van der Waals surface area contributed by atoms with Crippen molar-refractivity contribution >= 4 is 37.2 Å². The van der Waals surface area contributed by atoms with Crippen LogP contribution in [0.1, 0.15) is 32.6 Å². The van der Waals surface area contributed by atoms with Crippen LogP contribution in [-0.4, -0.2) is 34.2 Å². The lowest BCUT2D eigenvalue weighted by molar-refractivity contribution is -0.146. The van der Waals surface area contributed by atoms with Crippen LogP contribution in [0.4, 0.5) is 0 Å². The van der Waals surface area contributed by atoms with Gasteiger partial charge in [0.25, 0.3) is 0 Å². The summed E-state index contributed by atoms with van der Waals surface area (Å²) in [4.78, 5) is 21.8. The molecule has 0 aliphatic carbocycles. The molecule has 4 nitrogen and oxygen atoms in total. The minimum absolute atomic E-state index is 0.315. The zero-order valence-electron chi connectivity index (χ0n) is 9.26. The molecule has 0 bridgehead atoms. The summed E-state index contributed by atoms with van der Waals surface area (Å²) in [6.07, 6.45) is 4.02. The van der Waals surface area contributed by atoms with E-state index in [1.807, 2.05) is 0 Å². The number of hydrogen-bond donors (Lipinski definition) is 3. The number of esters is 1. The maximum absolute atomic E-state index is 11.3. The molecule has 2 atom stereocenters. The fourth-order valence-electron chi connectivity index (χ4n) is 1.05. The summed E-state index contributed by atoms with van der Waals surface area (Å²) < 4.78 is 4.89. The first-order chi connectivity index (χ1) is 7.50. The molecule has 1 N–H and O–H groups in total. The van der Waals surface area contributed by atoms with Crippen molar-refractivity contribution in [1.29, 1.82) is 0 Å². The highest BCUT2D eigenvalue weighted by atomic mass is 32.1. The zero-order chi connectivity index (χ0) is 12.6. The average Bonchev–Trinajstić information content (AvgIpc) is 2.26. The van der Waals surface area contributed by atoms with Gasteiger partial charge in [-0.15, -0.1) is 0 Å². The Kier molecular flexibility index (Phi) is 8.56. The van der Waals surface area contributed by atoms with Gasteiger partial charge >= 0.3 is 11.9 Å². The SMILES string of the molecule is CCCCCCOC(=O)[C@@H](S)[C@@H](S)C(=O)O. The first-order valence-corrected chi connectivity index (χ1v) is 6.29. The van der Waals surface area contributed by atoms with Crippen molar-refractivity contribution in [2.45, 2.75) is 43.1 Å². The molecule has 0 heterocycles. The smallest absolute Gasteiger partial charge is 0.320 e. The average molecular weight is 266 g/mol. The molecule has 0 amide bonds. The maximum atomic E-state index is 11.3. The first-order valence-electron chi connectivity index (χ1n) is 5.26. The molecule has 0 aliphatic heterocycles. The summed E-state index contributed by atoms with van der Waals surface area (Å²) in [5.74, 6) is -1.80. The van der Waals surface area contributed by atoms with Crippen molar-refractivity contribution in [3.63, 3.8) is 0 Å². The van der Waals surface area contributed by atoms with Crippen LogP contribution in [0.5, 0.6) is 0 Å². The number of aliphatic carboxylic acids is 1. The zero-order valence-corrected chi connectivity index (χ0v) is 11.0. The molecule has 94 valence electrons. The Morgan fingerprint density at radius 1 is 1.19 bits per heavy atom. The molecule has 0 aromatic heterocycles. The van der Waals surface area contributed by atoms with Gasteiger partial charge in [-0.05, 0) is 6.42 Å². The van der Waals surface area contributed by atoms with Crippen molar-refractivity contribution in [1.82, 2.24) is 0 Å². The van der Waals surface area contributed by atoms with Gasteiger partial charge in [0.05, 0.1) is 6.61 Å². The van der Waals surface area contributed by atoms with Gasteiger partial charge in [-0.2, -0.15) is 25.3 Å². The van der Waals surface area contributed by atoms with Gasteiger partial charge in [0, 0.05) is 0 Å². The molecule has 0 saturated carbocycles. The minimum atomic E-state index is -1.17. The molecule has 0 spiro atoms. The summed E-state index contributed by atoms with van der Waals surface area (Å²) in [5.41, 5.74) is 0. The summed E-state index contributed by atoms with van der Waals surface area (Å²) >= 11 is 7.63. The van der Waals surface area contributed by atoms with Crippen LogP contribution < -0.4 is 0 Å². The Labute approximate surface area is 107 Å². The molecule has 0 saturated heterocycles. The quantitative estimate of drug-likeness (QED) is 0.356. The fraction of sp³-hybridized carbons (Fsp3) is 0.800. The second kappa shape index (κ2) is 8.75. The van der Waals surface area contributed by atoms with Gasteiger partial charge in [-0.25, -0.2) is 0 Å². The number of carbonyl (C=O) groups is 2. The maximum Gasteiger partial charge on any atom is 0.320 e. The van der Waals surface area contributed by atoms with Crippen LogP contribution in [0.25, 0.3) is 0 Å². The molecule has 16 heavy (non-hydrogen) atoms. The van der Waals surface area contributed by atoms with Crippen LogP contribution in [0, 0.1) is 0 Å². The molecule has 0 rings (SSSR count). The van der Waals surface area contributed by atoms with Crippen molar-refractivity contribution in [2.24, 2.45) is 0 Å². The van der Waals surface area contributed by atoms with E-state index >= 15 is 0 Å². The highest BCUT2D eigenvalue weighted by Gasteiger charge is 2.28. The third-order valence-electron chi connectivity index (χ3n) is 2.04. The summed E-state index contributed by atoms with van der Waals surface area (Å²) in [5, 5.41) is 6.46. The molecular formula is C10H18O4S2. The van der Waals surface area contributed by atoms with E-state index in [9.17, 15) is 9.59 Å². The van der Waals surface area contributed by atoms with E-state index in [2.05, 4.69) is 32.2 Å². The number of thiol groups is 2. The van der Waals surface area contributed by atoms with Crippen LogP contribution in [0.2, 0.25) is 0 Å². The Morgan fingerprint density at radius 2 is 1.81 bits per heavy atom. The van der Waals surface area contributed by atoms with Gasteiger partial charge in [0.2, 0.25) is 0 Å². The van der Waals surface area contributed by atoms with Gasteiger partial charge < -0.3 is 9.84 Å². The van der Waals surface area contributed by atoms with Gasteiger partial charge in [0.15, 0.2) is 0 Å². The van der Waals surface area contributed by atoms with Crippen LogP contribution in [-0.2, 0) is 14.3 Å². The van der Waals surface area contributed by atoms with Crippen LogP contribution in [0.3, 0.4) is 0 Å². The van der Waals surface area contributed by atoms with E-state index in [1.165, 1.54) is 0 Å². The lowest BCUT2D eigenvalue weighted by atomic mass is 10.2. The Morgan fingerprint density at radius 3 is 2.31 bits per heavy atom.